The second-order valence-electron chi connectivity index (χ2n) is 7.77. The Bertz CT molecular complexity index is 1150. The number of hydrogen-bond acceptors (Lipinski definition) is 4. The Morgan fingerprint density at radius 1 is 0.903 bits per heavy atom. The number of ketones is 1. The van der Waals surface area contributed by atoms with E-state index in [4.69, 9.17) is 14.2 Å². The van der Waals surface area contributed by atoms with Crippen LogP contribution in [0.5, 0.6) is 17.2 Å². The Morgan fingerprint density at radius 2 is 1.65 bits per heavy atom. The molecule has 0 N–H and O–H groups in total. The van der Waals surface area contributed by atoms with E-state index in [2.05, 4.69) is 32.9 Å². The highest BCUT2D eigenvalue weighted by molar-refractivity contribution is 6.14. The summed E-state index contributed by atoms with van der Waals surface area (Å²) in [5, 5.41) is 0. The van der Waals surface area contributed by atoms with Gasteiger partial charge in [-0.2, -0.15) is 0 Å². The Morgan fingerprint density at radius 3 is 2.39 bits per heavy atom. The lowest BCUT2D eigenvalue weighted by Crippen LogP contribution is -2.02. The standard InChI is InChI=1S/C27H26O4/c1-5-29-22-9-10-23-25(15-22)31-26(27(23)28)14-20-7-6-8-21(13-20)30-16-24-18(3)11-17(2)12-19(24)4/h6-15H,5,16H2,1-4H3/b26-14+. The van der Waals surface area contributed by atoms with E-state index in [0.717, 1.165) is 11.3 Å². The molecule has 1 aliphatic rings. The summed E-state index contributed by atoms with van der Waals surface area (Å²) in [5.41, 5.74) is 6.30. The minimum atomic E-state index is -0.129. The Balaban J connectivity index is 1.51. The zero-order valence-electron chi connectivity index (χ0n) is 18.3. The molecule has 0 saturated heterocycles. The molecule has 4 nitrogen and oxygen atoms in total. The van der Waals surface area contributed by atoms with Crippen LogP contribution in [-0.2, 0) is 6.61 Å². The van der Waals surface area contributed by atoms with Crippen LogP contribution in [0.4, 0.5) is 0 Å². The van der Waals surface area contributed by atoms with Crippen molar-refractivity contribution < 1.29 is 19.0 Å². The largest absolute Gasteiger partial charge is 0.494 e. The van der Waals surface area contributed by atoms with Crippen LogP contribution in [0.25, 0.3) is 6.08 Å². The van der Waals surface area contributed by atoms with Crippen LogP contribution in [0.3, 0.4) is 0 Å². The third kappa shape index (κ3) is 4.48. The van der Waals surface area contributed by atoms with E-state index < -0.39 is 0 Å². The van der Waals surface area contributed by atoms with Crippen LogP contribution in [0.2, 0.25) is 0 Å². The van der Waals surface area contributed by atoms with Gasteiger partial charge >= 0.3 is 0 Å². The molecule has 3 aromatic carbocycles. The van der Waals surface area contributed by atoms with Crippen LogP contribution in [0.15, 0.2) is 60.4 Å². The van der Waals surface area contributed by atoms with Gasteiger partial charge in [0.05, 0.1) is 12.2 Å². The lowest BCUT2D eigenvalue weighted by atomic mass is 10.0. The van der Waals surface area contributed by atoms with Crippen molar-refractivity contribution in [2.24, 2.45) is 0 Å². The van der Waals surface area contributed by atoms with Crippen LogP contribution in [0, 0.1) is 20.8 Å². The maximum atomic E-state index is 12.7. The normalized spacial score (nSPS) is 13.8. The van der Waals surface area contributed by atoms with Gasteiger partial charge in [-0.25, -0.2) is 0 Å². The fourth-order valence-electron chi connectivity index (χ4n) is 3.86. The highest BCUT2D eigenvalue weighted by Crippen LogP contribution is 2.35. The molecule has 158 valence electrons. The Labute approximate surface area is 183 Å². The molecule has 4 rings (SSSR count). The van der Waals surface area contributed by atoms with Crippen LogP contribution in [-0.4, -0.2) is 12.4 Å². The number of Topliss-reactive ketones (excluding diaryl/α,β-unsaturated/α-hetero) is 1. The predicted octanol–water partition coefficient (Wildman–Crippen LogP) is 6.21. The van der Waals surface area contributed by atoms with Gasteiger partial charge in [-0.15, -0.1) is 0 Å². The number of ether oxygens (including phenoxy) is 3. The first-order chi connectivity index (χ1) is 14.9. The molecule has 0 saturated carbocycles. The number of hydrogen-bond donors (Lipinski definition) is 0. The summed E-state index contributed by atoms with van der Waals surface area (Å²) >= 11 is 0. The fourth-order valence-corrected chi connectivity index (χ4v) is 3.86. The van der Waals surface area contributed by atoms with Crippen LogP contribution >= 0.6 is 0 Å². The molecule has 0 aromatic heterocycles. The molecule has 0 spiro atoms. The van der Waals surface area contributed by atoms with E-state index in [0.29, 0.717) is 36.0 Å². The molecule has 0 radical (unpaired) electrons. The summed E-state index contributed by atoms with van der Waals surface area (Å²) in [6.07, 6.45) is 1.75. The summed E-state index contributed by atoms with van der Waals surface area (Å²) < 4.78 is 17.4. The number of benzene rings is 3. The second kappa shape index (κ2) is 8.68. The number of rotatable bonds is 6. The van der Waals surface area contributed by atoms with E-state index in [1.807, 2.05) is 31.2 Å². The van der Waals surface area contributed by atoms with E-state index in [-0.39, 0.29) is 5.78 Å². The molecule has 0 unspecified atom stereocenters. The van der Waals surface area contributed by atoms with Gasteiger partial charge in [0.1, 0.15) is 23.9 Å². The van der Waals surface area contributed by atoms with Gasteiger partial charge in [0, 0.05) is 6.07 Å². The molecule has 0 bridgehead atoms. The Kier molecular flexibility index (Phi) is 5.81. The molecule has 0 atom stereocenters. The molecular formula is C27H26O4. The molecule has 0 fully saturated rings. The summed E-state index contributed by atoms with van der Waals surface area (Å²) in [6, 6.07) is 17.3. The summed E-state index contributed by atoms with van der Waals surface area (Å²) in [5.74, 6) is 2.13. The quantitative estimate of drug-likeness (QED) is 0.450. The average molecular weight is 415 g/mol. The first-order valence-corrected chi connectivity index (χ1v) is 10.5. The molecule has 1 heterocycles. The first kappa shape index (κ1) is 20.7. The zero-order chi connectivity index (χ0) is 22.0. The third-order valence-corrected chi connectivity index (χ3v) is 5.33. The number of fused-ring (bicyclic) bond motifs is 1. The molecule has 3 aromatic rings. The topological polar surface area (TPSA) is 44.8 Å². The monoisotopic (exact) mass is 414 g/mol. The van der Waals surface area contributed by atoms with Crippen LogP contribution < -0.4 is 14.2 Å². The van der Waals surface area contributed by atoms with E-state index >= 15 is 0 Å². The third-order valence-electron chi connectivity index (χ3n) is 5.33. The fraction of sp³-hybridized carbons (Fsp3) is 0.222. The van der Waals surface area contributed by atoms with Crippen molar-refractivity contribution in [1.82, 2.24) is 0 Å². The predicted molar refractivity (Wildman–Crippen MR) is 122 cm³/mol. The zero-order valence-corrected chi connectivity index (χ0v) is 18.3. The average Bonchev–Trinajstić information content (AvgIpc) is 3.02. The highest BCUT2D eigenvalue weighted by Gasteiger charge is 2.27. The number of aryl methyl sites for hydroxylation is 3. The number of carbonyl (C=O) groups is 1. The van der Waals surface area contributed by atoms with Crippen molar-refractivity contribution in [3.8, 4) is 17.2 Å². The van der Waals surface area contributed by atoms with E-state index in [9.17, 15) is 4.79 Å². The first-order valence-electron chi connectivity index (χ1n) is 10.5. The number of carbonyl (C=O) groups excluding carboxylic acids is 1. The number of allylic oxidation sites excluding steroid dienone is 1. The molecule has 31 heavy (non-hydrogen) atoms. The van der Waals surface area contributed by atoms with Gasteiger partial charge in [-0.3, -0.25) is 4.79 Å². The van der Waals surface area contributed by atoms with Gasteiger partial charge in [0.15, 0.2) is 5.76 Å². The lowest BCUT2D eigenvalue weighted by Gasteiger charge is -2.13. The molecule has 0 aliphatic carbocycles. The van der Waals surface area contributed by atoms with Gasteiger partial charge in [0.2, 0.25) is 5.78 Å². The van der Waals surface area contributed by atoms with Gasteiger partial charge < -0.3 is 14.2 Å². The molecule has 0 amide bonds. The maximum absolute atomic E-state index is 12.7. The molecular weight excluding hydrogens is 388 g/mol. The van der Waals surface area contributed by atoms with Crippen molar-refractivity contribution in [3.05, 3.63) is 93.7 Å². The SMILES string of the molecule is CCOc1ccc2c(c1)O/C(=C/c1cccc(OCc3c(C)cc(C)cc3C)c1)C2=O. The molecule has 1 aliphatic heterocycles. The summed E-state index contributed by atoms with van der Waals surface area (Å²) in [4.78, 5) is 12.7. The maximum Gasteiger partial charge on any atom is 0.231 e. The van der Waals surface area contributed by atoms with Gasteiger partial charge in [-0.1, -0.05) is 29.8 Å². The summed E-state index contributed by atoms with van der Waals surface area (Å²) in [6.45, 7) is 9.29. The van der Waals surface area contributed by atoms with Crippen molar-refractivity contribution in [1.29, 1.82) is 0 Å². The Hall–Kier alpha value is -3.53. The van der Waals surface area contributed by atoms with Crippen molar-refractivity contribution in [2.45, 2.75) is 34.3 Å². The van der Waals surface area contributed by atoms with Crippen molar-refractivity contribution >= 4 is 11.9 Å². The summed E-state index contributed by atoms with van der Waals surface area (Å²) in [7, 11) is 0. The van der Waals surface area contributed by atoms with Gasteiger partial charge in [0.25, 0.3) is 0 Å². The molecule has 4 heteroatoms. The smallest absolute Gasteiger partial charge is 0.231 e. The van der Waals surface area contributed by atoms with Crippen LogP contribution in [0.1, 0.15) is 45.1 Å². The van der Waals surface area contributed by atoms with Crippen molar-refractivity contribution in [3.63, 3.8) is 0 Å². The lowest BCUT2D eigenvalue weighted by molar-refractivity contribution is 0.101. The van der Waals surface area contributed by atoms with Gasteiger partial charge in [-0.05, 0) is 80.3 Å². The second-order valence-corrected chi connectivity index (χ2v) is 7.77. The van der Waals surface area contributed by atoms with Crippen molar-refractivity contribution in [2.75, 3.05) is 6.61 Å². The minimum Gasteiger partial charge on any atom is -0.494 e. The highest BCUT2D eigenvalue weighted by atomic mass is 16.5. The van der Waals surface area contributed by atoms with E-state index in [1.54, 1.807) is 24.3 Å². The minimum absolute atomic E-state index is 0.129. The van der Waals surface area contributed by atoms with E-state index in [1.165, 1.54) is 22.3 Å².